The summed E-state index contributed by atoms with van der Waals surface area (Å²) in [5, 5.41) is 0. The Balaban J connectivity index is 1.89. The second kappa shape index (κ2) is 4.58. The van der Waals surface area contributed by atoms with Gasteiger partial charge in [0, 0.05) is 17.6 Å². The maximum atomic E-state index is 6.15. The Labute approximate surface area is 133 Å². The van der Waals surface area contributed by atoms with Gasteiger partial charge < -0.3 is 20.8 Å². The van der Waals surface area contributed by atoms with Gasteiger partial charge in [-0.05, 0) is 24.6 Å². The van der Waals surface area contributed by atoms with Crippen molar-refractivity contribution in [3.05, 3.63) is 30.2 Å². The van der Waals surface area contributed by atoms with E-state index in [1.54, 1.807) is 0 Å². The zero-order valence-corrected chi connectivity index (χ0v) is 13.1. The largest absolute Gasteiger partial charge is 0.424 e. The molecule has 0 spiro atoms. The number of fused-ring (bicyclic) bond motifs is 2. The number of rotatable bonds is 2. The number of hydrogen-bond acceptors (Lipinski definition) is 7. The van der Waals surface area contributed by atoms with Gasteiger partial charge in [0.25, 0.3) is 6.01 Å². The number of aromatic nitrogens is 3. The highest BCUT2D eigenvalue weighted by Crippen LogP contribution is 2.47. The summed E-state index contributed by atoms with van der Waals surface area (Å²) in [6.45, 7) is 5.15. The SMILES string of the molecule is CCC1(C)CN(c2ccc3oc(N)nc3c2)c2c(N)ncnc21. The van der Waals surface area contributed by atoms with E-state index in [-0.39, 0.29) is 11.4 Å². The average Bonchev–Trinajstić information content (AvgIpc) is 3.05. The molecule has 0 amide bonds. The summed E-state index contributed by atoms with van der Waals surface area (Å²) in [6.07, 6.45) is 2.50. The molecule has 7 nitrogen and oxygen atoms in total. The summed E-state index contributed by atoms with van der Waals surface area (Å²) in [4.78, 5) is 15.0. The molecule has 1 aliphatic rings. The maximum absolute atomic E-state index is 6.15. The molecular weight excluding hydrogens is 292 g/mol. The van der Waals surface area contributed by atoms with Gasteiger partial charge in [-0.25, -0.2) is 9.97 Å². The van der Waals surface area contributed by atoms with Crippen LogP contribution in [0.15, 0.2) is 28.9 Å². The molecule has 0 aliphatic carbocycles. The first-order valence-corrected chi connectivity index (χ1v) is 7.56. The smallest absolute Gasteiger partial charge is 0.292 e. The third-order valence-corrected chi connectivity index (χ3v) is 4.68. The van der Waals surface area contributed by atoms with Gasteiger partial charge in [-0.1, -0.05) is 13.8 Å². The van der Waals surface area contributed by atoms with Crippen LogP contribution in [-0.4, -0.2) is 21.5 Å². The van der Waals surface area contributed by atoms with E-state index in [1.807, 2.05) is 18.2 Å². The summed E-state index contributed by atoms with van der Waals surface area (Å²) >= 11 is 0. The molecule has 3 heterocycles. The molecule has 4 N–H and O–H groups in total. The van der Waals surface area contributed by atoms with E-state index in [0.29, 0.717) is 11.4 Å². The van der Waals surface area contributed by atoms with E-state index in [4.69, 9.17) is 15.9 Å². The maximum Gasteiger partial charge on any atom is 0.292 e. The predicted molar refractivity (Wildman–Crippen MR) is 89.5 cm³/mol. The fourth-order valence-corrected chi connectivity index (χ4v) is 3.20. The number of nitrogen functional groups attached to an aromatic ring is 2. The molecule has 0 fully saturated rings. The molecule has 1 aromatic carbocycles. The fourth-order valence-electron chi connectivity index (χ4n) is 3.20. The molecule has 4 rings (SSSR count). The molecule has 23 heavy (non-hydrogen) atoms. The Bertz CT molecular complexity index is 905. The minimum absolute atomic E-state index is 0.0653. The molecule has 2 aromatic heterocycles. The second-order valence-electron chi connectivity index (χ2n) is 6.16. The summed E-state index contributed by atoms with van der Waals surface area (Å²) in [5.74, 6) is 0.493. The third-order valence-electron chi connectivity index (χ3n) is 4.68. The van der Waals surface area contributed by atoms with Crippen LogP contribution >= 0.6 is 0 Å². The molecule has 1 unspecified atom stereocenters. The molecule has 1 atom stereocenters. The highest BCUT2D eigenvalue weighted by Gasteiger charge is 2.41. The summed E-state index contributed by atoms with van der Waals surface area (Å²) in [6, 6.07) is 5.97. The van der Waals surface area contributed by atoms with E-state index in [0.717, 1.165) is 35.6 Å². The van der Waals surface area contributed by atoms with Gasteiger partial charge in [0.05, 0.1) is 5.69 Å². The van der Waals surface area contributed by atoms with Crippen molar-refractivity contribution in [2.45, 2.75) is 25.7 Å². The lowest BCUT2D eigenvalue weighted by Gasteiger charge is -2.24. The van der Waals surface area contributed by atoms with Gasteiger partial charge in [-0.15, -0.1) is 0 Å². The second-order valence-corrected chi connectivity index (χ2v) is 6.16. The number of anilines is 4. The first-order chi connectivity index (χ1) is 11.0. The van der Waals surface area contributed by atoms with E-state index in [1.165, 1.54) is 6.33 Å². The number of oxazole rings is 1. The molecule has 0 saturated carbocycles. The zero-order valence-electron chi connectivity index (χ0n) is 13.1. The van der Waals surface area contributed by atoms with Gasteiger partial charge in [0.2, 0.25) is 0 Å². The monoisotopic (exact) mass is 310 g/mol. The van der Waals surface area contributed by atoms with Crippen LogP contribution in [0.5, 0.6) is 0 Å². The van der Waals surface area contributed by atoms with Crippen LogP contribution in [0, 0.1) is 0 Å². The van der Waals surface area contributed by atoms with E-state index < -0.39 is 0 Å². The minimum Gasteiger partial charge on any atom is -0.424 e. The minimum atomic E-state index is -0.0653. The molecule has 0 bridgehead atoms. The van der Waals surface area contributed by atoms with Crippen molar-refractivity contribution in [1.29, 1.82) is 0 Å². The Morgan fingerprint density at radius 3 is 2.91 bits per heavy atom. The molecule has 118 valence electrons. The van der Waals surface area contributed by atoms with Crippen LogP contribution in [0.4, 0.5) is 23.2 Å². The Morgan fingerprint density at radius 2 is 2.13 bits per heavy atom. The molecule has 1 aliphatic heterocycles. The van der Waals surface area contributed by atoms with Crippen molar-refractivity contribution in [2.75, 3.05) is 22.9 Å². The van der Waals surface area contributed by atoms with Gasteiger partial charge in [-0.2, -0.15) is 4.98 Å². The van der Waals surface area contributed by atoms with Crippen molar-refractivity contribution < 1.29 is 4.42 Å². The standard InChI is InChI=1S/C16H18N6O/c1-3-16(2)7-22(12-13(16)19-8-20-14(12)17)9-4-5-11-10(6-9)21-15(18)23-11/h4-6,8H,3,7H2,1-2H3,(H2,18,21)(H2,17,19,20). The highest BCUT2D eigenvalue weighted by molar-refractivity contribution is 5.85. The van der Waals surface area contributed by atoms with Gasteiger partial charge >= 0.3 is 0 Å². The topological polar surface area (TPSA) is 107 Å². The Kier molecular flexibility index (Phi) is 2.75. The Hall–Kier alpha value is -2.83. The number of hydrogen-bond donors (Lipinski definition) is 2. The van der Waals surface area contributed by atoms with Crippen LogP contribution in [-0.2, 0) is 5.41 Å². The first-order valence-electron chi connectivity index (χ1n) is 7.56. The molecule has 3 aromatic rings. The molecule has 0 saturated heterocycles. The number of nitrogens with zero attached hydrogens (tertiary/aromatic N) is 4. The van der Waals surface area contributed by atoms with E-state index in [2.05, 4.69) is 33.7 Å². The van der Waals surface area contributed by atoms with Crippen molar-refractivity contribution in [3.8, 4) is 0 Å². The summed E-state index contributed by atoms with van der Waals surface area (Å²) in [5.41, 5.74) is 16.0. The average molecular weight is 310 g/mol. The molecular formula is C16H18N6O. The van der Waals surface area contributed by atoms with Gasteiger partial charge in [-0.3, -0.25) is 0 Å². The lowest BCUT2D eigenvalue weighted by Crippen LogP contribution is -2.28. The molecule has 0 radical (unpaired) electrons. The number of nitrogens with two attached hydrogens (primary N) is 2. The quantitative estimate of drug-likeness (QED) is 0.749. The van der Waals surface area contributed by atoms with Crippen LogP contribution in [0.25, 0.3) is 11.1 Å². The van der Waals surface area contributed by atoms with Gasteiger partial charge in [0.1, 0.15) is 17.5 Å². The third kappa shape index (κ3) is 1.93. The zero-order chi connectivity index (χ0) is 16.2. The van der Waals surface area contributed by atoms with Crippen LogP contribution in [0.1, 0.15) is 26.0 Å². The van der Waals surface area contributed by atoms with Gasteiger partial charge in [0.15, 0.2) is 11.4 Å². The van der Waals surface area contributed by atoms with Crippen LogP contribution in [0.3, 0.4) is 0 Å². The van der Waals surface area contributed by atoms with Crippen LogP contribution in [0.2, 0.25) is 0 Å². The normalized spacial score (nSPS) is 20.2. The first kappa shape index (κ1) is 13.8. The van der Waals surface area contributed by atoms with Crippen molar-refractivity contribution in [1.82, 2.24) is 15.0 Å². The summed E-state index contributed by atoms with van der Waals surface area (Å²) < 4.78 is 5.34. The van der Waals surface area contributed by atoms with Crippen molar-refractivity contribution in [3.63, 3.8) is 0 Å². The van der Waals surface area contributed by atoms with Crippen molar-refractivity contribution >= 4 is 34.3 Å². The summed E-state index contributed by atoms with van der Waals surface area (Å²) in [7, 11) is 0. The fraction of sp³-hybridized carbons (Fsp3) is 0.312. The van der Waals surface area contributed by atoms with E-state index >= 15 is 0 Å². The highest BCUT2D eigenvalue weighted by atomic mass is 16.4. The van der Waals surface area contributed by atoms with Crippen molar-refractivity contribution in [2.24, 2.45) is 0 Å². The lowest BCUT2D eigenvalue weighted by molar-refractivity contribution is 0.479. The molecule has 7 heteroatoms. The van der Waals surface area contributed by atoms with Crippen LogP contribution < -0.4 is 16.4 Å². The number of benzene rings is 1. The van der Waals surface area contributed by atoms with E-state index in [9.17, 15) is 0 Å². The predicted octanol–water partition coefficient (Wildman–Crippen LogP) is 2.60. The Morgan fingerprint density at radius 1 is 1.30 bits per heavy atom. The lowest BCUT2D eigenvalue weighted by atomic mass is 9.86.